The third kappa shape index (κ3) is 1.97. The van der Waals surface area contributed by atoms with Crippen molar-refractivity contribution in [3.63, 3.8) is 0 Å². The minimum absolute atomic E-state index is 0.428. The van der Waals surface area contributed by atoms with Crippen LogP contribution in [0.15, 0.2) is 12.1 Å². The third-order valence-corrected chi connectivity index (χ3v) is 3.57. The molecule has 0 heterocycles. The fraction of sp³-hybridized carbons (Fsp3) is 0.500. The van der Waals surface area contributed by atoms with Gasteiger partial charge >= 0.3 is 0 Å². The van der Waals surface area contributed by atoms with Gasteiger partial charge in [-0.05, 0) is 55.4 Å². The number of carbonyl (C=O) groups is 1. The molecule has 1 nitrogen and oxygen atoms in total. The maximum Gasteiger partial charge on any atom is 0.133 e. The Kier molecular flexibility index (Phi) is 2.64. The lowest BCUT2D eigenvalue weighted by Gasteiger charge is -2.14. The van der Waals surface area contributed by atoms with Crippen LogP contribution in [-0.4, -0.2) is 5.78 Å². The van der Waals surface area contributed by atoms with Gasteiger partial charge in [-0.2, -0.15) is 0 Å². The molecule has 0 bridgehead atoms. The van der Waals surface area contributed by atoms with Gasteiger partial charge in [0.15, 0.2) is 0 Å². The van der Waals surface area contributed by atoms with Crippen molar-refractivity contribution in [3.05, 3.63) is 34.4 Å². The zero-order valence-corrected chi connectivity index (χ0v) is 9.76. The molecule has 1 atom stereocenters. The van der Waals surface area contributed by atoms with Gasteiger partial charge < -0.3 is 0 Å². The molecule has 0 aromatic heterocycles. The molecule has 0 amide bonds. The molecule has 0 N–H and O–H groups in total. The molecule has 0 spiro atoms. The average Bonchev–Trinajstić information content (AvgIpc) is 2.58. The Morgan fingerprint density at radius 2 is 1.73 bits per heavy atom. The van der Waals surface area contributed by atoms with E-state index in [0.717, 1.165) is 19.3 Å². The smallest absolute Gasteiger partial charge is 0.133 e. The molecule has 80 valence electrons. The molecule has 1 unspecified atom stereocenters. The van der Waals surface area contributed by atoms with Gasteiger partial charge in [0.25, 0.3) is 0 Å². The Labute approximate surface area is 91.5 Å². The van der Waals surface area contributed by atoms with E-state index < -0.39 is 0 Å². The van der Waals surface area contributed by atoms with Gasteiger partial charge in [-0.1, -0.05) is 12.1 Å². The fourth-order valence-corrected chi connectivity index (χ4v) is 2.50. The van der Waals surface area contributed by atoms with E-state index in [9.17, 15) is 4.79 Å². The largest absolute Gasteiger partial charge is 0.300 e. The lowest BCUT2D eigenvalue weighted by atomic mass is 9.90. The molecule has 1 aliphatic rings. The summed E-state index contributed by atoms with van der Waals surface area (Å²) in [6, 6.07) is 4.52. The lowest BCUT2D eigenvalue weighted by Crippen LogP contribution is -1.99. The lowest BCUT2D eigenvalue weighted by molar-refractivity contribution is -0.117. The Morgan fingerprint density at radius 3 is 2.33 bits per heavy atom. The number of hydrogen-bond acceptors (Lipinski definition) is 1. The zero-order chi connectivity index (χ0) is 11.0. The summed E-state index contributed by atoms with van der Waals surface area (Å²) in [5, 5.41) is 0. The monoisotopic (exact) mass is 202 g/mol. The first-order chi connectivity index (χ1) is 7.08. The van der Waals surface area contributed by atoms with Crippen molar-refractivity contribution in [3.8, 4) is 0 Å². The van der Waals surface area contributed by atoms with Crippen LogP contribution in [0, 0.1) is 20.8 Å². The van der Waals surface area contributed by atoms with Crippen molar-refractivity contribution in [2.75, 3.05) is 0 Å². The van der Waals surface area contributed by atoms with Crippen LogP contribution in [0.1, 0.15) is 47.4 Å². The standard InChI is InChI=1S/C14H18O/c1-9-6-11(3)14(7-10(9)2)12-4-5-13(15)8-12/h6-7,12H,4-5,8H2,1-3H3. The van der Waals surface area contributed by atoms with Gasteiger partial charge in [0.05, 0.1) is 0 Å². The number of Topliss-reactive ketones (excluding diaryl/α,β-unsaturated/α-hetero) is 1. The van der Waals surface area contributed by atoms with Gasteiger partial charge in [-0.3, -0.25) is 4.79 Å². The van der Waals surface area contributed by atoms with Gasteiger partial charge in [-0.15, -0.1) is 0 Å². The van der Waals surface area contributed by atoms with Crippen LogP contribution in [0.2, 0.25) is 0 Å². The molecule has 1 aliphatic carbocycles. The van der Waals surface area contributed by atoms with Crippen LogP contribution in [-0.2, 0) is 4.79 Å². The summed E-state index contributed by atoms with van der Waals surface area (Å²) in [6.07, 6.45) is 2.57. The Balaban J connectivity index is 2.36. The molecule has 0 saturated heterocycles. The molecule has 1 aromatic rings. The highest BCUT2D eigenvalue weighted by Gasteiger charge is 2.24. The van der Waals surface area contributed by atoms with Crippen LogP contribution < -0.4 is 0 Å². The molecule has 1 heteroatoms. The van der Waals surface area contributed by atoms with Gasteiger partial charge in [0.2, 0.25) is 0 Å². The van der Waals surface area contributed by atoms with E-state index in [1.807, 2.05) is 0 Å². The number of carbonyl (C=O) groups excluding carboxylic acids is 1. The highest BCUT2D eigenvalue weighted by molar-refractivity contribution is 5.81. The molecular weight excluding hydrogens is 184 g/mol. The molecule has 0 aliphatic heterocycles. The molecule has 1 saturated carbocycles. The minimum atomic E-state index is 0.428. The minimum Gasteiger partial charge on any atom is -0.300 e. The summed E-state index contributed by atoms with van der Waals surface area (Å²) in [5.41, 5.74) is 5.43. The van der Waals surface area contributed by atoms with Crippen molar-refractivity contribution in [2.45, 2.75) is 46.0 Å². The predicted molar refractivity (Wildman–Crippen MR) is 62.3 cm³/mol. The van der Waals surface area contributed by atoms with E-state index in [2.05, 4.69) is 32.9 Å². The van der Waals surface area contributed by atoms with E-state index in [1.165, 1.54) is 22.3 Å². The first kappa shape index (κ1) is 10.4. The van der Waals surface area contributed by atoms with E-state index >= 15 is 0 Å². The normalized spacial score (nSPS) is 21.0. The highest BCUT2D eigenvalue weighted by Crippen LogP contribution is 2.34. The molecule has 2 rings (SSSR count). The number of ketones is 1. The second kappa shape index (κ2) is 3.80. The Bertz CT molecular complexity index is 404. The summed E-state index contributed by atoms with van der Waals surface area (Å²) in [6.45, 7) is 6.45. The second-order valence-electron chi connectivity index (χ2n) is 4.77. The summed E-state index contributed by atoms with van der Waals surface area (Å²) in [5.74, 6) is 0.912. The fourth-order valence-electron chi connectivity index (χ4n) is 2.50. The number of rotatable bonds is 1. The predicted octanol–water partition coefficient (Wildman–Crippen LogP) is 3.45. The van der Waals surface area contributed by atoms with Crippen molar-refractivity contribution >= 4 is 5.78 Å². The maximum absolute atomic E-state index is 11.3. The van der Waals surface area contributed by atoms with Gasteiger partial charge in [0, 0.05) is 12.8 Å². The van der Waals surface area contributed by atoms with Crippen molar-refractivity contribution in [1.29, 1.82) is 0 Å². The number of benzene rings is 1. The van der Waals surface area contributed by atoms with E-state index in [0.29, 0.717) is 11.7 Å². The van der Waals surface area contributed by atoms with Gasteiger partial charge in [-0.25, -0.2) is 0 Å². The highest BCUT2D eigenvalue weighted by atomic mass is 16.1. The van der Waals surface area contributed by atoms with Crippen LogP contribution in [0.3, 0.4) is 0 Å². The third-order valence-electron chi connectivity index (χ3n) is 3.57. The molecule has 0 radical (unpaired) electrons. The molecule has 1 fully saturated rings. The van der Waals surface area contributed by atoms with E-state index in [1.54, 1.807) is 0 Å². The molecular formula is C14H18O. The first-order valence-electron chi connectivity index (χ1n) is 5.67. The Hall–Kier alpha value is -1.11. The van der Waals surface area contributed by atoms with Crippen molar-refractivity contribution in [2.24, 2.45) is 0 Å². The van der Waals surface area contributed by atoms with Crippen molar-refractivity contribution in [1.82, 2.24) is 0 Å². The zero-order valence-electron chi connectivity index (χ0n) is 9.76. The average molecular weight is 202 g/mol. The number of hydrogen-bond donors (Lipinski definition) is 0. The SMILES string of the molecule is Cc1cc(C)c(C2CCC(=O)C2)cc1C. The van der Waals surface area contributed by atoms with Gasteiger partial charge in [0.1, 0.15) is 5.78 Å². The maximum atomic E-state index is 11.3. The number of aryl methyl sites for hydroxylation is 3. The molecule has 15 heavy (non-hydrogen) atoms. The second-order valence-corrected chi connectivity index (χ2v) is 4.77. The summed E-state index contributed by atoms with van der Waals surface area (Å²) < 4.78 is 0. The Morgan fingerprint density at radius 1 is 1.07 bits per heavy atom. The van der Waals surface area contributed by atoms with Crippen LogP contribution in [0.25, 0.3) is 0 Å². The quantitative estimate of drug-likeness (QED) is 0.681. The van der Waals surface area contributed by atoms with Crippen LogP contribution >= 0.6 is 0 Å². The van der Waals surface area contributed by atoms with E-state index in [4.69, 9.17) is 0 Å². The van der Waals surface area contributed by atoms with Crippen LogP contribution in [0.4, 0.5) is 0 Å². The summed E-state index contributed by atoms with van der Waals surface area (Å²) >= 11 is 0. The molecule has 1 aromatic carbocycles. The topological polar surface area (TPSA) is 17.1 Å². The first-order valence-corrected chi connectivity index (χ1v) is 5.67. The summed E-state index contributed by atoms with van der Waals surface area (Å²) in [7, 11) is 0. The van der Waals surface area contributed by atoms with Crippen molar-refractivity contribution < 1.29 is 4.79 Å². The van der Waals surface area contributed by atoms with E-state index in [-0.39, 0.29) is 0 Å². The summed E-state index contributed by atoms with van der Waals surface area (Å²) in [4.78, 5) is 11.3. The van der Waals surface area contributed by atoms with Crippen LogP contribution in [0.5, 0.6) is 0 Å².